The predicted octanol–water partition coefficient (Wildman–Crippen LogP) is 3.54. The van der Waals surface area contributed by atoms with Gasteiger partial charge in [-0.25, -0.2) is 0 Å². The van der Waals surface area contributed by atoms with E-state index in [2.05, 4.69) is 27.3 Å². The normalized spacial score (nSPS) is 19.0. The Kier molecular flexibility index (Phi) is 4.67. The van der Waals surface area contributed by atoms with Crippen LogP contribution in [0.5, 0.6) is 0 Å². The average molecular weight is 325 g/mol. The van der Waals surface area contributed by atoms with E-state index in [0.717, 1.165) is 28.8 Å². The largest absolute Gasteiger partial charge is 0.324 e. The first-order valence-corrected chi connectivity index (χ1v) is 7.67. The van der Waals surface area contributed by atoms with Crippen molar-refractivity contribution < 1.29 is 4.79 Å². The molecule has 1 fully saturated rings. The Labute approximate surface area is 119 Å². The van der Waals surface area contributed by atoms with Crippen molar-refractivity contribution in [3.8, 4) is 6.07 Å². The van der Waals surface area contributed by atoms with Gasteiger partial charge in [-0.3, -0.25) is 4.79 Å². The number of amides is 1. The summed E-state index contributed by atoms with van der Waals surface area (Å²) in [7, 11) is 0. The first-order chi connectivity index (χ1) is 8.70. The second-order valence-corrected chi connectivity index (χ2v) is 6.32. The number of hydrogen-bond acceptors (Lipinski definition) is 3. The van der Waals surface area contributed by atoms with Gasteiger partial charge >= 0.3 is 0 Å². The molecular weight excluding hydrogens is 312 g/mol. The fourth-order valence-electron chi connectivity index (χ4n) is 1.85. The summed E-state index contributed by atoms with van der Waals surface area (Å²) in [4.78, 5) is 12.1. The van der Waals surface area contributed by atoms with E-state index in [9.17, 15) is 4.79 Å². The predicted molar refractivity (Wildman–Crippen MR) is 77.6 cm³/mol. The first kappa shape index (κ1) is 13.4. The lowest BCUT2D eigenvalue weighted by Gasteiger charge is -2.20. The molecule has 1 unspecified atom stereocenters. The van der Waals surface area contributed by atoms with Gasteiger partial charge in [-0.15, -0.1) is 11.8 Å². The molecule has 0 aromatic heterocycles. The van der Waals surface area contributed by atoms with Gasteiger partial charge in [0.15, 0.2) is 0 Å². The number of thioether (sulfide) groups is 1. The summed E-state index contributed by atoms with van der Waals surface area (Å²) in [6, 6.07) is 7.24. The zero-order valence-electron chi connectivity index (χ0n) is 9.78. The van der Waals surface area contributed by atoms with Gasteiger partial charge in [0.2, 0.25) is 5.91 Å². The maximum atomic E-state index is 12.1. The lowest BCUT2D eigenvalue weighted by Crippen LogP contribution is -2.27. The molecule has 94 valence electrons. The third kappa shape index (κ3) is 3.27. The van der Waals surface area contributed by atoms with Crippen molar-refractivity contribution in [1.29, 1.82) is 5.26 Å². The van der Waals surface area contributed by atoms with Crippen molar-refractivity contribution in [3.63, 3.8) is 0 Å². The van der Waals surface area contributed by atoms with Crippen molar-refractivity contribution >= 4 is 39.3 Å². The van der Waals surface area contributed by atoms with E-state index < -0.39 is 0 Å². The molecule has 3 nitrogen and oxygen atoms in total. The third-order valence-corrected chi connectivity index (χ3v) is 4.86. The second-order valence-electron chi connectivity index (χ2n) is 4.15. The molecule has 1 N–H and O–H groups in total. The number of anilines is 1. The van der Waals surface area contributed by atoms with Crippen molar-refractivity contribution in [2.24, 2.45) is 0 Å². The molecular formula is C13H13BrN2OS. The van der Waals surface area contributed by atoms with E-state index in [-0.39, 0.29) is 11.2 Å². The van der Waals surface area contributed by atoms with Crippen LogP contribution < -0.4 is 5.32 Å². The topological polar surface area (TPSA) is 52.9 Å². The van der Waals surface area contributed by atoms with Crippen LogP contribution in [-0.4, -0.2) is 16.9 Å². The van der Waals surface area contributed by atoms with Gasteiger partial charge in [0.05, 0.1) is 22.6 Å². The maximum Gasteiger partial charge on any atom is 0.237 e. The fraction of sp³-hybridized carbons (Fsp3) is 0.385. The third-order valence-electron chi connectivity index (χ3n) is 2.83. The molecule has 1 aromatic rings. The monoisotopic (exact) mass is 324 g/mol. The highest BCUT2D eigenvalue weighted by Gasteiger charge is 2.22. The Morgan fingerprint density at radius 1 is 1.50 bits per heavy atom. The van der Waals surface area contributed by atoms with E-state index in [1.54, 1.807) is 30.0 Å². The van der Waals surface area contributed by atoms with Gasteiger partial charge in [-0.05, 0) is 52.7 Å². The number of nitriles is 1. The van der Waals surface area contributed by atoms with Gasteiger partial charge in [0, 0.05) is 4.47 Å². The smallest absolute Gasteiger partial charge is 0.237 e. The maximum absolute atomic E-state index is 12.1. The highest BCUT2D eigenvalue weighted by Crippen LogP contribution is 2.28. The Morgan fingerprint density at radius 3 is 2.94 bits per heavy atom. The highest BCUT2D eigenvalue weighted by molar-refractivity contribution is 9.10. The Balaban J connectivity index is 2.04. The van der Waals surface area contributed by atoms with Gasteiger partial charge in [-0.1, -0.05) is 6.42 Å². The molecule has 0 bridgehead atoms. The zero-order valence-corrected chi connectivity index (χ0v) is 12.2. The molecule has 2 rings (SSSR count). The number of nitrogens with one attached hydrogen (secondary N) is 1. The van der Waals surface area contributed by atoms with Gasteiger partial charge in [-0.2, -0.15) is 5.26 Å². The van der Waals surface area contributed by atoms with Crippen LogP contribution in [0.25, 0.3) is 0 Å². The van der Waals surface area contributed by atoms with Crippen molar-refractivity contribution in [3.05, 3.63) is 28.2 Å². The SMILES string of the molecule is N#Cc1ccc(NC(=O)C2CCCCS2)c(Br)c1. The lowest BCUT2D eigenvalue weighted by molar-refractivity contribution is -0.115. The molecule has 5 heteroatoms. The van der Waals surface area contributed by atoms with E-state index in [4.69, 9.17) is 5.26 Å². The Morgan fingerprint density at radius 2 is 2.33 bits per heavy atom. The van der Waals surface area contributed by atoms with E-state index in [0.29, 0.717) is 5.56 Å². The van der Waals surface area contributed by atoms with E-state index in [1.165, 1.54) is 6.42 Å². The van der Waals surface area contributed by atoms with Crippen LogP contribution in [0.15, 0.2) is 22.7 Å². The van der Waals surface area contributed by atoms with Crippen molar-refractivity contribution in [2.75, 3.05) is 11.1 Å². The molecule has 1 atom stereocenters. The minimum absolute atomic E-state index is 0.0568. The summed E-state index contributed by atoms with van der Waals surface area (Å²) in [5.74, 6) is 1.12. The molecule has 0 spiro atoms. The van der Waals surface area contributed by atoms with Crippen molar-refractivity contribution in [2.45, 2.75) is 24.5 Å². The Hall–Kier alpha value is -0.990. The lowest BCUT2D eigenvalue weighted by atomic mass is 10.1. The van der Waals surface area contributed by atoms with Crippen LogP contribution in [-0.2, 0) is 4.79 Å². The van der Waals surface area contributed by atoms with Gasteiger partial charge in [0.25, 0.3) is 0 Å². The molecule has 1 aliphatic rings. The number of rotatable bonds is 2. The standard InChI is InChI=1S/C13H13BrN2OS/c14-10-7-9(8-15)4-5-11(10)16-13(17)12-3-1-2-6-18-12/h4-5,7,12H,1-3,6H2,(H,16,17). The van der Waals surface area contributed by atoms with E-state index >= 15 is 0 Å². The molecule has 18 heavy (non-hydrogen) atoms. The second kappa shape index (κ2) is 6.26. The molecule has 1 aliphatic heterocycles. The summed E-state index contributed by atoms with van der Waals surface area (Å²) in [6.45, 7) is 0. The zero-order chi connectivity index (χ0) is 13.0. The molecule has 1 amide bonds. The summed E-state index contributed by atoms with van der Waals surface area (Å²) < 4.78 is 0.746. The van der Waals surface area contributed by atoms with E-state index in [1.807, 2.05) is 0 Å². The number of carbonyl (C=O) groups excluding carboxylic acids is 1. The quantitative estimate of drug-likeness (QED) is 0.905. The summed E-state index contributed by atoms with van der Waals surface area (Å²) in [6.07, 6.45) is 3.28. The van der Waals surface area contributed by atoms with Gasteiger partial charge in [0.1, 0.15) is 0 Å². The highest BCUT2D eigenvalue weighted by atomic mass is 79.9. The van der Waals surface area contributed by atoms with Crippen LogP contribution in [0.1, 0.15) is 24.8 Å². The molecule has 1 aromatic carbocycles. The number of halogens is 1. The molecule has 1 saturated heterocycles. The van der Waals surface area contributed by atoms with Crippen LogP contribution in [0.4, 0.5) is 5.69 Å². The molecule has 0 saturated carbocycles. The number of carbonyl (C=O) groups is 1. The minimum atomic E-state index is 0.0568. The molecule has 1 heterocycles. The van der Waals surface area contributed by atoms with Gasteiger partial charge < -0.3 is 5.32 Å². The summed E-state index contributed by atoms with van der Waals surface area (Å²) >= 11 is 5.09. The van der Waals surface area contributed by atoms with Crippen LogP contribution in [0, 0.1) is 11.3 Å². The Bertz CT molecular complexity index is 492. The summed E-state index contributed by atoms with van der Waals surface area (Å²) in [5.41, 5.74) is 1.30. The molecule has 0 radical (unpaired) electrons. The fourth-order valence-corrected chi connectivity index (χ4v) is 3.52. The van der Waals surface area contributed by atoms with Crippen LogP contribution >= 0.6 is 27.7 Å². The number of nitrogens with zero attached hydrogens (tertiary/aromatic N) is 1. The average Bonchev–Trinajstić information content (AvgIpc) is 2.42. The minimum Gasteiger partial charge on any atom is -0.324 e. The first-order valence-electron chi connectivity index (χ1n) is 5.83. The van der Waals surface area contributed by atoms with Crippen LogP contribution in [0.2, 0.25) is 0 Å². The van der Waals surface area contributed by atoms with Crippen molar-refractivity contribution in [1.82, 2.24) is 0 Å². The number of hydrogen-bond donors (Lipinski definition) is 1. The van der Waals surface area contributed by atoms with Crippen LogP contribution in [0.3, 0.4) is 0 Å². The number of benzene rings is 1. The summed E-state index contributed by atoms with van der Waals surface area (Å²) in [5, 5.41) is 11.7. The molecule has 0 aliphatic carbocycles.